The summed E-state index contributed by atoms with van der Waals surface area (Å²) in [5.74, 6) is 0.253. The van der Waals surface area contributed by atoms with E-state index >= 15 is 0 Å². The average molecular weight is 319 g/mol. The Kier molecular flexibility index (Phi) is 4.78. The highest BCUT2D eigenvalue weighted by molar-refractivity contribution is 5.70. The number of rotatable bonds is 5. The lowest BCUT2D eigenvalue weighted by atomic mass is 10.1. The maximum Gasteiger partial charge on any atom is 0.145 e. The van der Waals surface area contributed by atoms with Crippen LogP contribution < -0.4 is 4.74 Å². The van der Waals surface area contributed by atoms with Crippen molar-refractivity contribution < 1.29 is 9.13 Å². The fourth-order valence-corrected chi connectivity index (χ4v) is 2.30. The van der Waals surface area contributed by atoms with Crippen LogP contribution in [0.1, 0.15) is 11.3 Å². The minimum atomic E-state index is -0.312. The molecule has 24 heavy (non-hydrogen) atoms. The van der Waals surface area contributed by atoms with E-state index in [0.717, 1.165) is 23.1 Å². The number of hydrogen-bond donors (Lipinski definition) is 0. The molecule has 4 nitrogen and oxygen atoms in total. The first-order chi connectivity index (χ1) is 11.8. The van der Waals surface area contributed by atoms with Gasteiger partial charge in [0.25, 0.3) is 0 Å². The maximum atomic E-state index is 13.1. The first kappa shape index (κ1) is 15.6. The van der Waals surface area contributed by atoms with Crippen molar-refractivity contribution in [3.05, 3.63) is 78.1 Å². The van der Waals surface area contributed by atoms with Crippen molar-refractivity contribution in [2.45, 2.75) is 6.42 Å². The van der Waals surface area contributed by atoms with Crippen LogP contribution in [0.15, 0.2) is 61.1 Å². The standard InChI is InChI=1S/C19H14FN3O/c20-16-3-1-15(2-4-16)18-11-17(12-21)23-13-19(18)24-10-7-14-5-8-22-9-6-14/h1-6,8-9,11,13H,7,10H2. The molecular formula is C19H14FN3O. The summed E-state index contributed by atoms with van der Waals surface area (Å²) in [5.41, 5.74) is 2.90. The number of halogens is 1. The summed E-state index contributed by atoms with van der Waals surface area (Å²) >= 11 is 0. The van der Waals surface area contributed by atoms with E-state index in [1.54, 1.807) is 30.6 Å². The molecule has 0 radical (unpaired) electrons. The topological polar surface area (TPSA) is 58.8 Å². The molecule has 0 saturated heterocycles. The predicted molar refractivity (Wildman–Crippen MR) is 87.8 cm³/mol. The van der Waals surface area contributed by atoms with Gasteiger partial charge in [0.05, 0.1) is 12.8 Å². The molecule has 1 aromatic carbocycles. The molecule has 5 heteroatoms. The minimum absolute atomic E-state index is 0.288. The number of pyridine rings is 2. The van der Waals surface area contributed by atoms with Crippen LogP contribution in [0, 0.1) is 17.1 Å². The minimum Gasteiger partial charge on any atom is -0.491 e. The third kappa shape index (κ3) is 3.73. The third-order valence-corrected chi connectivity index (χ3v) is 3.53. The molecule has 0 spiro atoms. The van der Waals surface area contributed by atoms with E-state index in [0.29, 0.717) is 12.4 Å². The van der Waals surface area contributed by atoms with Crippen LogP contribution in [-0.4, -0.2) is 16.6 Å². The van der Waals surface area contributed by atoms with Crippen molar-refractivity contribution >= 4 is 0 Å². The largest absolute Gasteiger partial charge is 0.491 e. The van der Waals surface area contributed by atoms with Gasteiger partial charge in [-0.15, -0.1) is 0 Å². The molecular weight excluding hydrogens is 305 g/mol. The van der Waals surface area contributed by atoms with Crippen molar-refractivity contribution in [1.29, 1.82) is 5.26 Å². The molecule has 2 aromatic heterocycles. The van der Waals surface area contributed by atoms with Gasteiger partial charge in [0, 0.05) is 24.4 Å². The van der Waals surface area contributed by atoms with Crippen molar-refractivity contribution in [2.75, 3.05) is 6.61 Å². The van der Waals surface area contributed by atoms with Gasteiger partial charge in [0.1, 0.15) is 23.3 Å². The van der Waals surface area contributed by atoms with E-state index in [9.17, 15) is 4.39 Å². The Morgan fingerprint density at radius 3 is 2.54 bits per heavy atom. The lowest BCUT2D eigenvalue weighted by Gasteiger charge is -2.12. The number of nitriles is 1. The number of aromatic nitrogens is 2. The SMILES string of the molecule is N#Cc1cc(-c2ccc(F)cc2)c(OCCc2ccncc2)cn1. The number of benzene rings is 1. The lowest BCUT2D eigenvalue weighted by molar-refractivity contribution is 0.322. The van der Waals surface area contributed by atoms with Gasteiger partial charge in [-0.25, -0.2) is 9.37 Å². The lowest BCUT2D eigenvalue weighted by Crippen LogP contribution is -2.03. The van der Waals surface area contributed by atoms with Gasteiger partial charge in [0.15, 0.2) is 0 Å². The summed E-state index contributed by atoms with van der Waals surface area (Å²) in [7, 11) is 0. The van der Waals surface area contributed by atoms with Crippen LogP contribution in [0.3, 0.4) is 0 Å². The first-order valence-corrected chi connectivity index (χ1v) is 7.44. The van der Waals surface area contributed by atoms with E-state index < -0.39 is 0 Å². The summed E-state index contributed by atoms with van der Waals surface area (Å²) in [6.45, 7) is 0.464. The molecule has 0 aliphatic heterocycles. The van der Waals surface area contributed by atoms with Crippen LogP contribution in [0.2, 0.25) is 0 Å². The second-order valence-corrected chi connectivity index (χ2v) is 5.14. The Labute approximate surface area is 139 Å². The van der Waals surface area contributed by atoms with E-state index in [1.807, 2.05) is 18.2 Å². The zero-order chi connectivity index (χ0) is 16.8. The molecule has 3 rings (SSSR count). The number of ether oxygens (including phenoxy) is 1. The van der Waals surface area contributed by atoms with Crippen molar-refractivity contribution in [3.8, 4) is 22.9 Å². The molecule has 0 atom stereocenters. The monoisotopic (exact) mass is 319 g/mol. The van der Waals surface area contributed by atoms with Crippen LogP contribution in [0.4, 0.5) is 4.39 Å². The maximum absolute atomic E-state index is 13.1. The van der Waals surface area contributed by atoms with E-state index in [4.69, 9.17) is 10.00 Å². The highest BCUT2D eigenvalue weighted by Gasteiger charge is 2.09. The smallest absolute Gasteiger partial charge is 0.145 e. The Hall–Kier alpha value is -3.26. The van der Waals surface area contributed by atoms with Gasteiger partial charge in [-0.2, -0.15) is 5.26 Å². The number of hydrogen-bond acceptors (Lipinski definition) is 4. The highest BCUT2D eigenvalue weighted by Crippen LogP contribution is 2.30. The second kappa shape index (κ2) is 7.34. The Bertz CT molecular complexity index is 858. The zero-order valence-corrected chi connectivity index (χ0v) is 12.8. The molecule has 2 heterocycles. The molecule has 0 fully saturated rings. The van der Waals surface area contributed by atoms with Crippen LogP contribution >= 0.6 is 0 Å². The Morgan fingerprint density at radius 2 is 1.83 bits per heavy atom. The van der Waals surface area contributed by atoms with Gasteiger partial charge < -0.3 is 4.74 Å². The van der Waals surface area contributed by atoms with Gasteiger partial charge >= 0.3 is 0 Å². The average Bonchev–Trinajstić information content (AvgIpc) is 2.63. The van der Waals surface area contributed by atoms with E-state index in [2.05, 4.69) is 9.97 Å². The van der Waals surface area contributed by atoms with Gasteiger partial charge in [-0.1, -0.05) is 12.1 Å². The fourth-order valence-electron chi connectivity index (χ4n) is 2.30. The van der Waals surface area contributed by atoms with Gasteiger partial charge in [0.2, 0.25) is 0 Å². The van der Waals surface area contributed by atoms with Crippen LogP contribution in [-0.2, 0) is 6.42 Å². The molecule has 0 N–H and O–H groups in total. The third-order valence-electron chi connectivity index (χ3n) is 3.53. The normalized spacial score (nSPS) is 10.2. The molecule has 0 saturated carbocycles. The van der Waals surface area contributed by atoms with Crippen molar-refractivity contribution in [2.24, 2.45) is 0 Å². The predicted octanol–water partition coefficient (Wildman–Crippen LogP) is 3.78. The van der Waals surface area contributed by atoms with Gasteiger partial charge in [-0.3, -0.25) is 4.98 Å². The summed E-state index contributed by atoms with van der Waals surface area (Å²) in [4.78, 5) is 8.04. The fraction of sp³-hybridized carbons (Fsp3) is 0.105. The van der Waals surface area contributed by atoms with E-state index in [1.165, 1.54) is 18.3 Å². The van der Waals surface area contributed by atoms with Crippen LogP contribution in [0.5, 0.6) is 5.75 Å². The summed E-state index contributed by atoms with van der Waals surface area (Å²) in [6, 6.07) is 13.6. The second-order valence-electron chi connectivity index (χ2n) is 5.14. The summed E-state index contributed by atoms with van der Waals surface area (Å²) in [6.07, 6.45) is 5.74. The van der Waals surface area contributed by atoms with Gasteiger partial charge in [-0.05, 0) is 41.5 Å². The molecule has 0 bridgehead atoms. The quantitative estimate of drug-likeness (QED) is 0.718. The summed E-state index contributed by atoms with van der Waals surface area (Å²) < 4.78 is 19.0. The van der Waals surface area contributed by atoms with Crippen molar-refractivity contribution in [3.63, 3.8) is 0 Å². The number of nitrogens with zero attached hydrogens (tertiary/aromatic N) is 3. The van der Waals surface area contributed by atoms with Crippen LogP contribution in [0.25, 0.3) is 11.1 Å². The molecule has 0 amide bonds. The Morgan fingerprint density at radius 1 is 1.08 bits per heavy atom. The molecule has 0 aliphatic rings. The molecule has 118 valence electrons. The Balaban J connectivity index is 1.82. The van der Waals surface area contributed by atoms with E-state index in [-0.39, 0.29) is 11.5 Å². The van der Waals surface area contributed by atoms with Crippen molar-refractivity contribution in [1.82, 2.24) is 9.97 Å². The first-order valence-electron chi connectivity index (χ1n) is 7.44. The molecule has 3 aromatic rings. The zero-order valence-electron chi connectivity index (χ0n) is 12.8. The molecule has 0 unspecified atom stereocenters. The summed E-state index contributed by atoms with van der Waals surface area (Å²) in [5, 5.41) is 9.05. The molecule has 0 aliphatic carbocycles. The highest BCUT2D eigenvalue weighted by atomic mass is 19.1.